The lowest BCUT2D eigenvalue weighted by molar-refractivity contribution is -0.263. The summed E-state index contributed by atoms with van der Waals surface area (Å²) < 4.78 is 23.7. The number of allylic oxidation sites excluding steroid dienone is 1. The third-order valence-electron chi connectivity index (χ3n) is 16.7. The zero-order valence-corrected chi connectivity index (χ0v) is 37.2. The fourth-order valence-electron chi connectivity index (χ4n) is 13.1. The highest BCUT2D eigenvalue weighted by Crippen LogP contribution is 2.75. The second kappa shape index (κ2) is 17.1. The van der Waals surface area contributed by atoms with Crippen LogP contribution in [0.15, 0.2) is 35.9 Å². The molecule has 332 valence electrons. The Bertz CT molecular complexity index is 1850. The van der Waals surface area contributed by atoms with E-state index in [1.165, 1.54) is 19.6 Å². The number of nitrogens with two attached hydrogens (primary N) is 1. The highest BCUT2D eigenvalue weighted by atomic mass is 16.6. The molecule has 3 saturated carbocycles. The van der Waals surface area contributed by atoms with E-state index in [-0.39, 0.29) is 28.6 Å². The minimum atomic E-state index is -0.920. The van der Waals surface area contributed by atoms with E-state index in [9.17, 15) is 29.1 Å². The predicted molar refractivity (Wildman–Crippen MR) is 226 cm³/mol. The lowest BCUT2D eigenvalue weighted by Gasteiger charge is -2.71. The summed E-state index contributed by atoms with van der Waals surface area (Å²) >= 11 is 0. The SMILES string of the molecule is COC(=O)c1ccc(NC(=O)NCCCCC(N)C(=O)O[C@H]2[C@H](OC(C)=O)C[C@@]34COC[C@@]2(C)[C@@H]3CC[C@H]2C4=CC[C@@]3(C)[C@H](C(=O)O)[C@@](C)([C@H](C)C(C)C)CC[C@]23C)cc1. The van der Waals surface area contributed by atoms with Gasteiger partial charge in [-0.15, -0.1) is 0 Å². The van der Waals surface area contributed by atoms with E-state index >= 15 is 0 Å². The van der Waals surface area contributed by atoms with Gasteiger partial charge in [0.1, 0.15) is 18.2 Å². The maximum absolute atomic E-state index is 13.8. The molecule has 13 nitrogen and oxygen atoms in total. The van der Waals surface area contributed by atoms with Gasteiger partial charge in [0.05, 0.1) is 31.8 Å². The van der Waals surface area contributed by atoms with E-state index in [1.807, 2.05) is 0 Å². The number of amides is 2. The summed E-state index contributed by atoms with van der Waals surface area (Å²) in [7, 11) is 1.30. The molecular formula is C47H69N3O10. The van der Waals surface area contributed by atoms with Gasteiger partial charge in [-0.2, -0.15) is 0 Å². The van der Waals surface area contributed by atoms with Crippen LogP contribution in [-0.2, 0) is 33.3 Å². The number of nitrogens with one attached hydrogen (secondary N) is 2. The fourth-order valence-corrected chi connectivity index (χ4v) is 13.1. The van der Waals surface area contributed by atoms with Crippen molar-refractivity contribution in [2.24, 2.45) is 62.4 Å². The smallest absolute Gasteiger partial charge is 0.337 e. The average molecular weight is 836 g/mol. The van der Waals surface area contributed by atoms with Crippen LogP contribution in [0.1, 0.15) is 124 Å². The van der Waals surface area contributed by atoms with Crippen molar-refractivity contribution in [3.05, 3.63) is 41.5 Å². The molecule has 13 heteroatoms. The number of hydrogen-bond donors (Lipinski definition) is 4. The highest BCUT2D eigenvalue weighted by molar-refractivity contribution is 5.92. The van der Waals surface area contributed by atoms with Crippen molar-refractivity contribution in [2.75, 3.05) is 32.2 Å². The molecule has 1 aromatic carbocycles. The number of carbonyl (C=O) groups is 5. The molecule has 5 aliphatic rings. The van der Waals surface area contributed by atoms with Gasteiger partial charge < -0.3 is 40.4 Å². The maximum Gasteiger partial charge on any atom is 0.337 e. The lowest BCUT2D eigenvalue weighted by Crippen LogP contribution is -2.70. The van der Waals surface area contributed by atoms with Crippen molar-refractivity contribution in [3.8, 4) is 0 Å². The Morgan fingerprint density at radius 3 is 2.28 bits per heavy atom. The number of carboxylic acids is 1. The van der Waals surface area contributed by atoms with Crippen LogP contribution in [0.5, 0.6) is 0 Å². The highest BCUT2D eigenvalue weighted by Gasteiger charge is 2.72. The Labute approximate surface area is 355 Å². The summed E-state index contributed by atoms with van der Waals surface area (Å²) in [6.07, 6.45) is 6.97. The number of fused-ring (bicyclic) bond motifs is 3. The second-order valence-corrected chi connectivity index (χ2v) is 20.1. The molecule has 0 radical (unpaired) electrons. The number of rotatable bonds is 13. The monoisotopic (exact) mass is 835 g/mol. The topological polar surface area (TPSA) is 193 Å². The van der Waals surface area contributed by atoms with E-state index in [0.29, 0.717) is 69.0 Å². The molecule has 1 unspecified atom stereocenters. The van der Waals surface area contributed by atoms with Crippen molar-refractivity contribution in [1.82, 2.24) is 5.32 Å². The zero-order valence-electron chi connectivity index (χ0n) is 37.2. The van der Waals surface area contributed by atoms with E-state index in [1.54, 1.807) is 24.3 Å². The number of ether oxygens (including phenoxy) is 4. The van der Waals surface area contributed by atoms with Crippen LogP contribution in [0.25, 0.3) is 0 Å². The van der Waals surface area contributed by atoms with Crippen molar-refractivity contribution in [1.29, 1.82) is 0 Å². The quantitative estimate of drug-likeness (QED) is 0.0665. The van der Waals surface area contributed by atoms with Crippen molar-refractivity contribution in [3.63, 3.8) is 0 Å². The normalized spacial score (nSPS) is 36.5. The van der Waals surface area contributed by atoms with Gasteiger partial charge in [0.25, 0.3) is 0 Å². The molecule has 1 saturated heterocycles. The number of urea groups is 1. The average Bonchev–Trinajstić information content (AvgIpc) is 3.18. The maximum atomic E-state index is 13.8. The molecule has 1 heterocycles. The van der Waals surface area contributed by atoms with Gasteiger partial charge in [-0.25, -0.2) is 9.59 Å². The third kappa shape index (κ3) is 7.75. The second-order valence-electron chi connectivity index (χ2n) is 20.1. The summed E-state index contributed by atoms with van der Waals surface area (Å²) in [6.45, 7) is 18.1. The van der Waals surface area contributed by atoms with E-state index in [4.69, 9.17) is 24.7 Å². The number of benzene rings is 1. The lowest BCUT2D eigenvalue weighted by atomic mass is 9.34. The van der Waals surface area contributed by atoms with Crippen LogP contribution < -0.4 is 16.4 Å². The Morgan fingerprint density at radius 2 is 1.65 bits per heavy atom. The van der Waals surface area contributed by atoms with Crippen molar-refractivity contribution in [2.45, 2.75) is 131 Å². The van der Waals surface area contributed by atoms with Crippen LogP contribution in [0, 0.1) is 56.7 Å². The van der Waals surface area contributed by atoms with E-state index in [2.05, 4.69) is 65.2 Å². The zero-order chi connectivity index (χ0) is 44.0. The molecule has 5 N–H and O–H groups in total. The molecule has 4 fully saturated rings. The van der Waals surface area contributed by atoms with Crippen LogP contribution >= 0.6 is 0 Å². The number of methoxy groups -OCH3 is 1. The molecule has 2 amide bonds. The first kappa shape index (κ1) is 45.6. The van der Waals surface area contributed by atoms with Gasteiger partial charge in [0, 0.05) is 30.0 Å². The van der Waals surface area contributed by atoms with Gasteiger partial charge in [-0.1, -0.05) is 60.1 Å². The number of aliphatic carboxylic acids is 1. The molecule has 2 bridgehead atoms. The molecule has 60 heavy (non-hydrogen) atoms. The van der Waals surface area contributed by atoms with E-state index < -0.39 is 70.3 Å². The Hall–Kier alpha value is -3.97. The van der Waals surface area contributed by atoms with Gasteiger partial charge in [0.15, 0.2) is 0 Å². The first-order chi connectivity index (χ1) is 28.2. The molecule has 0 aromatic heterocycles. The standard InChI is InChI=1S/C47H69N3O10/c1-27(2)28(3)43(5)21-22-45(7)32-17-18-36-44(6)25-58-26-47(36,33(32)19-20-46(45,8)37(43)39(52)53)24-35(59-29(4)51)38(44)60-41(55)34(48)12-10-11-23-49-42(56)50-31-15-13-30(14-16-31)40(54)57-9/h13-16,19,27-28,32,34-38H,10-12,17-18,20-26,48H2,1-9H3,(H,52,53)(H2,49,50,56)/t28-,32+,34?,35-,36+,37-,38+,43-,44+,45-,46+,47+/m1/s1. The number of hydrogen-bond acceptors (Lipinski definition) is 10. The van der Waals surface area contributed by atoms with Crippen LogP contribution in [0.4, 0.5) is 10.5 Å². The van der Waals surface area contributed by atoms with Gasteiger partial charge >= 0.3 is 29.9 Å². The Kier molecular flexibility index (Phi) is 13.0. The largest absolute Gasteiger partial charge is 0.481 e. The fraction of sp³-hybridized carbons (Fsp3) is 0.723. The van der Waals surface area contributed by atoms with E-state index in [0.717, 1.165) is 25.7 Å². The number of anilines is 1. The van der Waals surface area contributed by atoms with Crippen molar-refractivity contribution >= 4 is 35.6 Å². The molecule has 12 atom stereocenters. The molecule has 1 aromatic rings. The van der Waals surface area contributed by atoms with Gasteiger partial charge in [-0.05, 0) is 122 Å². The molecule has 1 aliphatic heterocycles. The third-order valence-corrected chi connectivity index (χ3v) is 16.7. The molecule has 4 aliphatic carbocycles. The van der Waals surface area contributed by atoms with Gasteiger partial charge in [-0.3, -0.25) is 14.4 Å². The Balaban J connectivity index is 1.14. The number of esters is 3. The first-order valence-corrected chi connectivity index (χ1v) is 22.1. The van der Waals surface area contributed by atoms with Crippen molar-refractivity contribution < 1.29 is 48.0 Å². The van der Waals surface area contributed by atoms with Gasteiger partial charge in [0.2, 0.25) is 0 Å². The number of carboxylic acid groups (broad SMARTS) is 1. The number of unbranched alkanes of at least 4 members (excludes halogenated alkanes) is 1. The van der Waals surface area contributed by atoms with Crippen LogP contribution in [0.3, 0.4) is 0 Å². The van der Waals surface area contributed by atoms with Crippen LogP contribution in [-0.4, -0.2) is 80.1 Å². The summed E-state index contributed by atoms with van der Waals surface area (Å²) in [5.41, 5.74) is 6.44. The van der Waals surface area contributed by atoms with Crippen LogP contribution in [0.2, 0.25) is 0 Å². The summed E-state index contributed by atoms with van der Waals surface area (Å²) in [5, 5.41) is 16.6. The minimum absolute atomic E-state index is 0.0862. The molecule has 6 rings (SSSR count). The predicted octanol–water partition coefficient (Wildman–Crippen LogP) is 7.52. The molecular weight excluding hydrogens is 767 g/mol. The molecule has 0 spiro atoms. The summed E-state index contributed by atoms with van der Waals surface area (Å²) in [6, 6.07) is 5.03. The minimum Gasteiger partial charge on any atom is -0.481 e. The number of carbonyl (C=O) groups excluding carboxylic acids is 4. The summed E-state index contributed by atoms with van der Waals surface area (Å²) in [4.78, 5) is 64.0. The summed E-state index contributed by atoms with van der Waals surface area (Å²) in [5.74, 6) is -1.85. The Morgan fingerprint density at radius 1 is 0.950 bits per heavy atom. The first-order valence-electron chi connectivity index (χ1n) is 22.1.